The molecule has 0 unspecified atom stereocenters. The lowest BCUT2D eigenvalue weighted by atomic mass is 9.57. The van der Waals surface area contributed by atoms with Gasteiger partial charge in [0.2, 0.25) is 5.78 Å². The summed E-state index contributed by atoms with van der Waals surface area (Å²) < 4.78 is 0. The van der Waals surface area contributed by atoms with Crippen LogP contribution in [-0.4, -0.2) is 68.5 Å². The van der Waals surface area contributed by atoms with Crippen LogP contribution in [0, 0.1) is 11.8 Å². The van der Waals surface area contributed by atoms with Gasteiger partial charge in [-0.05, 0) is 87.7 Å². The summed E-state index contributed by atoms with van der Waals surface area (Å²) in [5, 5.41) is 45.7. The van der Waals surface area contributed by atoms with Crippen molar-refractivity contribution < 1.29 is 34.8 Å². The Balaban J connectivity index is 1.74. The molecule has 4 aliphatic carbocycles. The number of fused-ring (bicyclic) bond motifs is 3. The van der Waals surface area contributed by atoms with Gasteiger partial charge in [-0.25, -0.2) is 0 Å². The van der Waals surface area contributed by atoms with Gasteiger partial charge in [0.25, 0.3) is 5.91 Å². The number of allylic oxidation sites excluding steroid dienone is 2. The molecule has 4 aliphatic rings. The van der Waals surface area contributed by atoms with Crippen molar-refractivity contribution in [3.8, 4) is 5.75 Å². The monoisotopic (exact) mass is 522 g/mol. The van der Waals surface area contributed by atoms with Gasteiger partial charge in [0.05, 0.1) is 11.6 Å². The molecule has 1 aromatic carbocycles. The standard InChI is InChI=1S/C29H34N2O7/c1-4-13-10-17(14-8-6-5-7-9-14)23(32)20-16(13)11-15-12-18-22(31(2)3)25(34)21(28(30)37)27(36)29(18,38)26(35)19(15)24(20)33/h8,10,15,18,22,32-33,36,38H,4-7,9,11-12H2,1-3H3,(H2,30,37)/t15-,18-,22-,29-/m0/s1. The van der Waals surface area contributed by atoms with Gasteiger partial charge in [0.15, 0.2) is 11.4 Å². The van der Waals surface area contributed by atoms with Crippen LogP contribution in [0.25, 0.3) is 11.3 Å². The van der Waals surface area contributed by atoms with E-state index in [1.165, 1.54) is 4.90 Å². The Morgan fingerprint density at radius 3 is 2.47 bits per heavy atom. The van der Waals surface area contributed by atoms with Gasteiger partial charge in [-0.1, -0.05) is 13.0 Å². The fourth-order valence-electron chi connectivity index (χ4n) is 7.03. The molecule has 9 heteroatoms. The van der Waals surface area contributed by atoms with Crippen LogP contribution >= 0.6 is 0 Å². The second kappa shape index (κ2) is 9.10. The Morgan fingerprint density at radius 1 is 1.18 bits per heavy atom. The Kier molecular flexibility index (Phi) is 6.27. The van der Waals surface area contributed by atoms with Gasteiger partial charge < -0.3 is 26.2 Å². The third-order valence-corrected chi connectivity index (χ3v) is 8.83. The number of benzene rings is 1. The van der Waals surface area contributed by atoms with E-state index in [0.29, 0.717) is 18.4 Å². The number of phenolic OH excluding ortho intramolecular Hbond substituents is 1. The van der Waals surface area contributed by atoms with Gasteiger partial charge >= 0.3 is 0 Å². The van der Waals surface area contributed by atoms with Gasteiger partial charge in [-0.15, -0.1) is 0 Å². The first kappa shape index (κ1) is 26.2. The van der Waals surface area contributed by atoms with Crippen molar-refractivity contribution >= 4 is 28.8 Å². The average Bonchev–Trinajstić information content (AvgIpc) is 2.86. The number of rotatable bonds is 4. The quantitative estimate of drug-likeness (QED) is 0.377. The second-order valence-corrected chi connectivity index (χ2v) is 11.1. The Hall–Kier alpha value is -3.43. The van der Waals surface area contributed by atoms with Crippen LogP contribution in [0.1, 0.15) is 61.3 Å². The number of phenols is 1. The largest absolute Gasteiger partial charge is 0.508 e. The van der Waals surface area contributed by atoms with E-state index >= 15 is 0 Å². The van der Waals surface area contributed by atoms with Crippen LogP contribution < -0.4 is 5.73 Å². The molecule has 5 rings (SSSR count). The van der Waals surface area contributed by atoms with Crippen LogP contribution in [-0.2, 0) is 27.2 Å². The van der Waals surface area contributed by atoms with Crippen LogP contribution in [0.2, 0.25) is 0 Å². The zero-order valence-corrected chi connectivity index (χ0v) is 21.9. The highest BCUT2D eigenvalue weighted by molar-refractivity contribution is 6.24. The first-order chi connectivity index (χ1) is 17.9. The molecule has 0 radical (unpaired) electrons. The molecule has 0 bridgehead atoms. The fraction of sp³-hybridized carbons (Fsp3) is 0.483. The summed E-state index contributed by atoms with van der Waals surface area (Å²) >= 11 is 0. The predicted octanol–water partition coefficient (Wildman–Crippen LogP) is 2.48. The van der Waals surface area contributed by atoms with Crippen molar-refractivity contribution in [2.24, 2.45) is 17.6 Å². The topological polar surface area (TPSA) is 161 Å². The molecule has 9 nitrogen and oxygen atoms in total. The Bertz CT molecular complexity index is 1370. The van der Waals surface area contributed by atoms with Crippen LogP contribution in [0.15, 0.2) is 29.0 Å². The van der Waals surface area contributed by atoms with Gasteiger partial charge in [-0.2, -0.15) is 0 Å². The minimum absolute atomic E-state index is 0.0859. The highest BCUT2D eigenvalue weighted by atomic mass is 16.3. The first-order valence-electron chi connectivity index (χ1n) is 13.2. The van der Waals surface area contributed by atoms with Crippen molar-refractivity contribution in [2.45, 2.75) is 63.5 Å². The maximum atomic E-state index is 14.0. The highest BCUT2D eigenvalue weighted by Crippen LogP contribution is 2.54. The maximum Gasteiger partial charge on any atom is 0.255 e. The number of carbonyl (C=O) groups excluding carboxylic acids is 3. The van der Waals surface area contributed by atoms with Crippen molar-refractivity contribution in [1.82, 2.24) is 4.90 Å². The highest BCUT2D eigenvalue weighted by Gasteiger charge is 2.64. The molecule has 4 atom stereocenters. The number of hydrogen-bond donors (Lipinski definition) is 5. The molecule has 0 aliphatic heterocycles. The molecule has 6 N–H and O–H groups in total. The van der Waals surface area contributed by atoms with E-state index in [4.69, 9.17) is 5.73 Å². The van der Waals surface area contributed by atoms with E-state index in [1.54, 1.807) is 14.1 Å². The molecule has 0 saturated heterocycles. The van der Waals surface area contributed by atoms with E-state index < -0.39 is 58.0 Å². The summed E-state index contributed by atoms with van der Waals surface area (Å²) in [6, 6.07) is 0.873. The number of nitrogens with two attached hydrogens (primary N) is 1. The third-order valence-electron chi connectivity index (χ3n) is 8.83. The van der Waals surface area contributed by atoms with Gasteiger partial charge in [0, 0.05) is 17.1 Å². The zero-order valence-electron chi connectivity index (χ0n) is 21.9. The van der Waals surface area contributed by atoms with Crippen LogP contribution in [0.3, 0.4) is 0 Å². The zero-order chi connectivity index (χ0) is 27.7. The number of ketones is 2. The summed E-state index contributed by atoms with van der Waals surface area (Å²) in [6.45, 7) is 1.99. The minimum atomic E-state index is -2.63. The smallest absolute Gasteiger partial charge is 0.255 e. The molecule has 202 valence electrons. The van der Waals surface area contributed by atoms with E-state index in [2.05, 4.69) is 6.08 Å². The summed E-state index contributed by atoms with van der Waals surface area (Å²) in [5.74, 6) is -6.26. The van der Waals surface area contributed by atoms with Crippen molar-refractivity contribution in [3.05, 3.63) is 51.3 Å². The van der Waals surface area contributed by atoms with Gasteiger partial charge in [0.1, 0.15) is 22.8 Å². The summed E-state index contributed by atoms with van der Waals surface area (Å²) in [7, 11) is 3.17. The molecule has 0 heterocycles. The van der Waals surface area contributed by atoms with E-state index in [-0.39, 0.29) is 23.3 Å². The van der Waals surface area contributed by atoms with Crippen molar-refractivity contribution in [1.29, 1.82) is 0 Å². The number of carbonyl (C=O) groups is 3. The number of primary amides is 1. The Morgan fingerprint density at radius 2 is 1.89 bits per heavy atom. The number of likely N-dealkylation sites (N-methyl/N-ethyl adjacent to an activating group) is 1. The first-order valence-corrected chi connectivity index (χ1v) is 13.2. The maximum absolute atomic E-state index is 14.0. The summed E-state index contributed by atoms with van der Waals surface area (Å²) in [4.78, 5) is 40.8. The lowest BCUT2D eigenvalue weighted by Gasteiger charge is -2.50. The fourth-order valence-corrected chi connectivity index (χ4v) is 7.03. The predicted molar refractivity (Wildman–Crippen MR) is 140 cm³/mol. The molecule has 38 heavy (non-hydrogen) atoms. The van der Waals surface area contributed by atoms with Gasteiger partial charge in [-0.3, -0.25) is 19.3 Å². The van der Waals surface area contributed by atoms with E-state index in [9.17, 15) is 34.8 Å². The number of amides is 1. The van der Waals surface area contributed by atoms with E-state index in [1.807, 2.05) is 13.0 Å². The van der Waals surface area contributed by atoms with Crippen LogP contribution in [0.4, 0.5) is 0 Å². The SMILES string of the molecule is CCc1cc(C2=CCCCC2)c(O)c2c1C[C@H]1C[C@H]3[C@H](N(C)C)C(=O)C(C(N)=O)=C(O)[C@@]3(O)C(=O)C1=C2O. The lowest BCUT2D eigenvalue weighted by Crippen LogP contribution is -2.65. The molecule has 1 aromatic rings. The Labute approximate surface area is 220 Å². The third kappa shape index (κ3) is 3.48. The molecule has 1 amide bonds. The number of aliphatic hydroxyl groups is 3. The molecule has 1 saturated carbocycles. The van der Waals surface area contributed by atoms with Crippen LogP contribution in [0.5, 0.6) is 5.75 Å². The second-order valence-electron chi connectivity index (χ2n) is 11.1. The number of aliphatic hydroxyl groups excluding tert-OH is 2. The van der Waals surface area contributed by atoms with Crippen molar-refractivity contribution in [2.75, 3.05) is 14.1 Å². The molecular weight excluding hydrogens is 488 g/mol. The molecule has 1 fully saturated rings. The number of hydrogen-bond acceptors (Lipinski definition) is 8. The number of aryl methyl sites for hydroxylation is 1. The normalized spacial score (nSPS) is 29.2. The number of nitrogens with zero attached hydrogens (tertiary/aromatic N) is 1. The average molecular weight is 523 g/mol. The number of aromatic hydroxyl groups is 1. The minimum Gasteiger partial charge on any atom is -0.508 e. The molecular formula is C29H34N2O7. The molecule has 0 aromatic heterocycles. The number of Topliss-reactive ketones (excluding diaryl/α,β-unsaturated/α-hetero) is 2. The summed E-state index contributed by atoms with van der Waals surface area (Å²) in [6.07, 6.45) is 6.89. The lowest BCUT2D eigenvalue weighted by molar-refractivity contribution is -0.153. The summed E-state index contributed by atoms with van der Waals surface area (Å²) in [5.41, 5.74) is 5.28. The molecule has 0 spiro atoms. The van der Waals surface area contributed by atoms with E-state index in [0.717, 1.165) is 42.4 Å². The van der Waals surface area contributed by atoms with Crippen molar-refractivity contribution in [3.63, 3.8) is 0 Å².